The van der Waals surface area contributed by atoms with Gasteiger partial charge in [0.05, 0.1) is 27.3 Å². The van der Waals surface area contributed by atoms with Crippen LogP contribution in [-0.4, -0.2) is 23.7 Å². The van der Waals surface area contributed by atoms with Gasteiger partial charge in [-0.05, 0) is 47.9 Å². The van der Waals surface area contributed by atoms with Crippen molar-refractivity contribution in [3.8, 4) is 22.8 Å². The van der Waals surface area contributed by atoms with Crippen LogP contribution in [0.5, 0.6) is 0 Å². The summed E-state index contributed by atoms with van der Waals surface area (Å²) in [6, 6.07) is 20.3. The van der Waals surface area contributed by atoms with E-state index in [0.29, 0.717) is 18.2 Å². The SMILES string of the molecule is Cc1ccc2cc(-c3cnc(-c4cc[n+](CCCS(=O)(=O)[O-])c5ccccc45)o3)ccc2c1C. The molecule has 6 nitrogen and oxygen atoms in total. The lowest BCUT2D eigenvalue weighted by atomic mass is 9.99. The quantitative estimate of drug-likeness (QED) is 0.252. The van der Waals surface area contributed by atoms with Crippen LogP contribution >= 0.6 is 0 Å². The highest BCUT2D eigenvalue weighted by atomic mass is 32.2. The summed E-state index contributed by atoms with van der Waals surface area (Å²) in [6.07, 6.45) is 3.87. The van der Waals surface area contributed by atoms with E-state index in [0.717, 1.165) is 27.4 Å². The van der Waals surface area contributed by atoms with Gasteiger partial charge in [-0.3, -0.25) is 0 Å². The van der Waals surface area contributed by atoms with Crippen molar-refractivity contribution >= 4 is 31.8 Å². The van der Waals surface area contributed by atoms with Gasteiger partial charge in [0.25, 0.3) is 0 Å². The molecule has 2 aromatic heterocycles. The maximum absolute atomic E-state index is 11.0. The van der Waals surface area contributed by atoms with E-state index in [1.54, 1.807) is 6.20 Å². The molecule has 0 N–H and O–H groups in total. The van der Waals surface area contributed by atoms with Crippen molar-refractivity contribution in [1.82, 2.24) is 4.98 Å². The first-order valence-corrected chi connectivity index (χ1v) is 12.7. The zero-order valence-electron chi connectivity index (χ0n) is 19.0. The number of oxazole rings is 1. The number of fused-ring (bicyclic) bond motifs is 2. The van der Waals surface area contributed by atoms with Crippen LogP contribution in [-0.2, 0) is 16.7 Å². The standard InChI is InChI=1S/C27H24N2O4S/c1-18-8-9-20-16-21(10-11-22(20)19(18)2)26-17-28-27(33-26)24-12-14-29(13-5-15-34(30,31)32)25-7-4-3-6-23(24)25/h3-4,6-12,14,16-17H,5,13,15H2,1-2H3. The van der Waals surface area contributed by atoms with Gasteiger partial charge in [-0.15, -0.1) is 0 Å². The summed E-state index contributed by atoms with van der Waals surface area (Å²) < 4.78 is 41.0. The maximum atomic E-state index is 11.0. The molecule has 172 valence electrons. The molecule has 0 bridgehead atoms. The Labute approximate surface area is 198 Å². The summed E-state index contributed by atoms with van der Waals surface area (Å²) in [4.78, 5) is 4.55. The van der Waals surface area contributed by atoms with Crippen LogP contribution in [0.15, 0.2) is 77.5 Å². The molecule has 0 aliphatic carbocycles. The Morgan fingerprint density at radius 3 is 2.65 bits per heavy atom. The first-order valence-electron chi connectivity index (χ1n) is 11.1. The van der Waals surface area contributed by atoms with Gasteiger partial charge in [0.15, 0.2) is 12.0 Å². The molecule has 0 aliphatic rings. The molecule has 5 aromatic rings. The number of nitrogens with zero attached hydrogens (tertiary/aromatic N) is 2. The molecular formula is C27H24N2O4S. The number of hydrogen-bond acceptors (Lipinski definition) is 5. The molecule has 2 heterocycles. The highest BCUT2D eigenvalue weighted by Gasteiger charge is 2.18. The molecule has 0 saturated heterocycles. The van der Waals surface area contributed by atoms with E-state index in [1.807, 2.05) is 41.1 Å². The van der Waals surface area contributed by atoms with Crippen molar-refractivity contribution in [3.05, 3.63) is 84.2 Å². The normalized spacial score (nSPS) is 12.0. The molecule has 34 heavy (non-hydrogen) atoms. The summed E-state index contributed by atoms with van der Waals surface area (Å²) >= 11 is 0. The molecule has 0 spiro atoms. The number of para-hydroxylation sites is 1. The monoisotopic (exact) mass is 472 g/mol. The van der Waals surface area contributed by atoms with Crippen LogP contribution in [0.3, 0.4) is 0 Å². The Morgan fingerprint density at radius 1 is 1.00 bits per heavy atom. The fraction of sp³-hybridized carbons (Fsp3) is 0.185. The van der Waals surface area contributed by atoms with Crippen molar-refractivity contribution in [2.75, 3.05) is 5.75 Å². The maximum Gasteiger partial charge on any atom is 0.227 e. The summed E-state index contributed by atoms with van der Waals surface area (Å²) in [5, 5.41) is 3.32. The van der Waals surface area contributed by atoms with Gasteiger partial charge >= 0.3 is 0 Å². The van der Waals surface area contributed by atoms with E-state index < -0.39 is 10.1 Å². The van der Waals surface area contributed by atoms with Crippen LogP contribution in [0.4, 0.5) is 0 Å². The summed E-state index contributed by atoms with van der Waals surface area (Å²) in [7, 11) is -4.23. The molecule has 0 atom stereocenters. The van der Waals surface area contributed by atoms with Gasteiger partial charge in [-0.2, -0.15) is 4.57 Å². The Morgan fingerprint density at radius 2 is 1.82 bits per heavy atom. The third-order valence-electron chi connectivity index (χ3n) is 6.30. The lowest BCUT2D eigenvalue weighted by Crippen LogP contribution is -2.35. The van der Waals surface area contributed by atoms with Crippen LogP contribution in [0.2, 0.25) is 0 Å². The van der Waals surface area contributed by atoms with E-state index in [4.69, 9.17) is 4.42 Å². The van der Waals surface area contributed by atoms with E-state index in [9.17, 15) is 13.0 Å². The molecule has 0 aliphatic heterocycles. The predicted octanol–water partition coefficient (Wildman–Crippen LogP) is 5.15. The van der Waals surface area contributed by atoms with Crippen LogP contribution < -0.4 is 4.57 Å². The van der Waals surface area contributed by atoms with Crippen LogP contribution in [0.25, 0.3) is 44.5 Å². The molecule has 3 aromatic carbocycles. The minimum absolute atomic E-state index is 0.254. The smallest absolute Gasteiger partial charge is 0.227 e. The fourth-order valence-corrected chi connectivity index (χ4v) is 4.84. The second-order valence-corrected chi connectivity index (χ2v) is 10.1. The van der Waals surface area contributed by atoms with E-state index in [2.05, 4.69) is 49.2 Å². The average Bonchev–Trinajstić information content (AvgIpc) is 3.31. The third-order valence-corrected chi connectivity index (χ3v) is 7.09. The number of rotatable bonds is 6. The average molecular weight is 473 g/mol. The lowest BCUT2D eigenvalue weighted by Gasteiger charge is -2.07. The Kier molecular flexibility index (Phi) is 5.67. The fourth-order valence-electron chi connectivity index (χ4n) is 4.36. The molecule has 7 heteroatoms. The van der Waals surface area contributed by atoms with Crippen LogP contribution in [0.1, 0.15) is 17.5 Å². The van der Waals surface area contributed by atoms with Crippen molar-refractivity contribution in [3.63, 3.8) is 0 Å². The van der Waals surface area contributed by atoms with Crippen molar-refractivity contribution < 1.29 is 22.0 Å². The molecule has 0 unspecified atom stereocenters. The minimum Gasteiger partial charge on any atom is -0.748 e. The number of hydrogen-bond donors (Lipinski definition) is 0. The molecule has 5 rings (SSSR count). The van der Waals surface area contributed by atoms with Gasteiger partial charge in [-0.1, -0.05) is 36.4 Å². The number of benzene rings is 3. The Hall–Kier alpha value is -3.55. The minimum atomic E-state index is -4.23. The highest BCUT2D eigenvalue weighted by Crippen LogP contribution is 2.32. The number of aromatic nitrogens is 2. The van der Waals surface area contributed by atoms with Gasteiger partial charge in [0.2, 0.25) is 11.4 Å². The summed E-state index contributed by atoms with van der Waals surface area (Å²) in [5.41, 5.74) is 5.27. The van der Waals surface area contributed by atoms with E-state index in [-0.39, 0.29) is 12.2 Å². The van der Waals surface area contributed by atoms with E-state index in [1.165, 1.54) is 16.5 Å². The lowest BCUT2D eigenvalue weighted by molar-refractivity contribution is -0.671. The largest absolute Gasteiger partial charge is 0.748 e. The van der Waals surface area contributed by atoms with Gasteiger partial charge in [0, 0.05) is 29.9 Å². The first kappa shape index (κ1) is 22.3. The summed E-state index contributed by atoms with van der Waals surface area (Å²) in [5.74, 6) is 0.821. The second kappa shape index (κ2) is 8.66. The van der Waals surface area contributed by atoms with Crippen molar-refractivity contribution in [1.29, 1.82) is 0 Å². The molecule has 0 radical (unpaired) electrons. The van der Waals surface area contributed by atoms with Gasteiger partial charge in [0.1, 0.15) is 6.54 Å². The zero-order valence-corrected chi connectivity index (χ0v) is 19.8. The van der Waals surface area contributed by atoms with Crippen molar-refractivity contribution in [2.45, 2.75) is 26.8 Å². The molecule has 0 amide bonds. The van der Waals surface area contributed by atoms with Gasteiger partial charge in [-0.25, -0.2) is 13.4 Å². The number of aryl methyl sites for hydroxylation is 3. The van der Waals surface area contributed by atoms with Crippen LogP contribution in [0, 0.1) is 13.8 Å². The zero-order chi connectivity index (χ0) is 23.9. The summed E-state index contributed by atoms with van der Waals surface area (Å²) in [6.45, 7) is 4.68. The van der Waals surface area contributed by atoms with Crippen molar-refractivity contribution in [2.24, 2.45) is 0 Å². The molecule has 0 saturated carbocycles. The van der Waals surface area contributed by atoms with Gasteiger partial charge < -0.3 is 8.97 Å². The van der Waals surface area contributed by atoms with E-state index >= 15 is 0 Å². The highest BCUT2D eigenvalue weighted by molar-refractivity contribution is 7.85. The third kappa shape index (κ3) is 4.32. The molecule has 0 fully saturated rings. The Balaban J connectivity index is 1.50. The number of pyridine rings is 1. The topological polar surface area (TPSA) is 87.1 Å². The Bertz CT molecular complexity index is 1640. The first-order chi connectivity index (χ1) is 16.3. The molecular weight excluding hydrogens is 448 g/mol. The second-order valence-electron chi connectivity index (χ2n) is 8.53. The predicted molar refractivity (Wildman–Crippen MR) is 131 cm³/mol.